The van der Waals surface area contributed by atoms with Crippen LogP contribution in [-0.2, 0) is 0 Å². The standard InChI is InChI=1S/C22H14BF3N6O4/c23-22(34,35)32-13-4-11(15-10(20(32)33)2-1-3-14(15)36-21(25)26)16-18(13)30-31-7-12(24)17(29-19(16)31)9-5-27-8-28-6-9/h1-3,5-8,11,13,21,34-35H,4H2. The maximum atomic E-state index is 15.0. The molecule has 2 atom stereocenters. The van der Waals surface area contributed by atoms with Crippen LogP contribution in [0, 0.1) is 5.82 Å². The van der Waals surface area contributed by atoms with E-state index in [-0.39, 0.29) is 45.9 Å². The zero-order chi connectivity index (χ0) is 25.4. The van der Waals surface area contributed by atoms with Crippen molar-refractivity contribution in [3.05, 3.63) is 71.3 Å². The number of carbonyl (C=O) groups excluding carboxylic acids is 1. The van der Waals surface area contributed by atoms with Crippen LogP contribution in [0.25, 0.3) is 16.9 Å². The van der Waals surface area contributed by atoms with E-state index in [4.69, 9.17) is 12.6 Å². The number of hydrogen-bond donors (Lipinski definition) is 2. The number of amides is 1. The lowest BCUT2D eigenvalue weighted by molar-refractivity contribution is -0.190. The van der Waals surface area contributed by atoms with Gasteiger partial charge in [-0.05, 0) is 18.6 Å². The van der Waals surface area contributed by atoms with Crippen molar-refractivity contribution in [2.75, 3.05) is 0 Å². The maximum Gasteiger partial charge on any atom is 0.387 e. The molecule has 36 heavy (non-hydrogen) atoms. The van der Waals surface area contributed by atoms with Gasteiger partial charge in [0.05, 0.1) is 17.9 Å². The quantitative estimate of drug-likeness (QED) is 0.325. The molecule has 2 N–H and O–H groups in total. The molecule has 6 rings (SSSR count). The molecule has 14 heteroatoms. The van der Waals surface area contributed by atoms with E-state index >= 15 is 0 Å². The van der Waals surface area contributed by atoms with Gasteiger partial charge in [-0.1, -0.05) is 6.07 Å². The van der Waals surface area contributed by atoms with Crippen LogP contribution in [0.3, 0.4) is 0 Å². The number of aromatic nitrogens is 5. The van der Waals surface area contributed by atoms with Crippen molar-refractivity contribution in [2.24, 2.45) is 0 Å². The van der Waals surface area contributed by atoms with Gasteiger partial charge in [0, 0.05) is 40.6 Å². The molecule has 3 aromatic heterocycles. The van der Waals surface area contributed by atoms with Crippen LogP contribution in [0.5, 0.6) is 5.75 Å². The highest BCUT2D eigenvalue weighted by atomic mass is 19.3. The third-order valence-electron chi connectivity index (χ3n) is 6.33. The van der Waals surface area contributed by atoms with Gasteiger partial charge in [-0.25, -0.2) is 23.9 Å². The van der Waals surface area contributed by atoms with Crippen LogP contribution in [0.1, 0.15) is 45.6 Å². The summed E-state index contributed by atoms with van der Waals surface area (Å²) in [5, 5.41) is 25.0. The fourth-order valence-corrected chi connectivity index (χ4v) is 5.07. The Hall–Kier alpha value is -4.04. The smallest absolute Gasteiger partial charge is 0.387 e. The van der Waals surface area contributed by atoms with E-state index in [9.17, 15) is 28.2 Å². The molecule has 0 saturated carbocycles. The van der Waals surface area contributed by atoms with Crippen molar-refractivity contribution in [1.29, 1.82) is 0 Å². The number of carbonyl (C=O) groups is 1. The number of fused-ring (bicyclic) bond motifs is 9. The fourth-order valence-electron chi connectivity index (χ4n) is 5.07. The molecule has 180 valence electrons. The van der Waals surface area contributed by atoms with Crippen molar-refractivity contribution < 1.29 is 32.9 Å². The zero-order valence-electron chi connectivity index (χ0n) is 18.1. The van der Waals surface area contributed by atoms with Crippen molar-refractivity contribution in [1.82, 2.24) is 29.5 Å². The minimum atomic E-state index is -3.19. The van der Waals surface area contributed by atoms with Gasteiger partial charge >= 0.3 is 6.61 Å². The Balaban J connectivity index is 1.65. The minimum Gasteiger partial charge on any atom is -0.434 e. The lowest BCUT2D eigenvalue weighted by Gasteiger charge is -2.37. The number of ether oxygens (including phenoxy) is 1. The largest absolute Gasteiger partial charge is 0.434 e. The van der Waals surface area contributed by atoms with E-state index in [0.717, 1.165) is 10.7 Å². The van der Waals surface area contributed by atoms with Gasteiger partial charge in [-0.15, -0.1) is 0 Å². The average molecular weight is 494 g/mol. The molecule has 2 unspecified atom stereocenters. The predicted octanol–water partition coefficient (Wildman–Crippen LogP) is 1.72. The van der Waals surface area contributed by atoms with E-state index in [1.165, 1.54) is 36.9 Å². The lowest BCUT2D eigenvalue weighted by atomic mass is 9.89. The fraction of sp³-hybridized carbons (Fsp3) is 0.227. The van der Waals surface area contributed by atoms with Gasteiger partial charge in [0.25, 0.3) is 5.91 Å². The second-order valence-electron chi connectivity index (χ2n) is 8.39. The first kappa shape index (κ1) is 22.4. The first-order valence-electron chi connectivity index (χ1n) is 10.6. The second-order valence-corrected chi connectivity index (χ2v) is 8.39. The van der Waals surface area contributed by atoms with E-state index in [1.807, 2.05) is 0 Å². The highest BCUT2D eigenvalue weighted by molar-refractivity contribution is 6.15. The SMILES string of the molecule is [B]C(O)(O)N1C(=O)c2cccc(OC(F)F)c2C2CC1c1nn3cc(F)c(-c4cncnc4)nc3c12. The molecule has 4 heterocycles. The van der Waals surface area contributed by atoms with E-state index in [2.05, 4.69) is 20.1 Å². The molecule has 2 bridgehead atoms. The molecule has 0 saturated heterocycles. The molecular formula is C22H14BF3N6O4. The Labute approximate surface area is 201 Å². The van der Waals surface area contributed by atoms with Crippen molar-refractivity contribution >= 4 is 19.4 Å². The number of hydrogen-bond acceptors (Lipinski definition) is 8. The predicted molar refractivity (Wildman–Crippen MR) is 115 cm³/mol. The highest BCUT2D eigenvalue weighted by Gasteiger charge is 2.51. The van der Waals surface area contributed by atoms with Crippen LogP contribution in [0.2, 0.25) is 0 Å². The molecule has 1 aliphatic carbocycles. The summed E-state index contributed by atoms with van der Waals surface area (Å²) < 4.78 is 47.4. The monoisotopic (exact) mass is 494 g/mol. The average Bonchev–Trinajstić information content (AvgIpc) is 3.30. The van der Waals surface area contributed by atoms with Gasteiger partial charge in [0.15, 0.2) is 25.1 Å². The summed E-state index contributed by atoms with van der Waals surface area (Å²) in [5.41, 5.74) is 0.905. The molecule has 2 radical (unpaired) electrons. The van der Waals surface area contributed by atoms with Gasteiger partial charge in [-0.2, -0.15) is 13.9 Å². The Bertz CT molecular complexity index is 1530. The van der Waals surface area contributed by atoms with Gasteiger partial charge in [0.1, 0.15) is 17.8 Å². The van der Waals surface area contributed by atoms with Gasteiger partial charge < -0.3 is 14.9 Å². The number of alkyl halides is 2. The molecule has 1 amide bonds. The zero-order valence-corrected chi connectivity index (χ0v) is 18.1. The van der Waals surface area contributed by atoms with Crippen LogP contribution in [0.15, 0.2) is 43.1 Å². The number of nitrogens with zero attached hydrogens (tertiary/aromatic N) is 6. The van der Waals surface area contributed by atoms with Crippen molar-refractivity contribution in [3.63, 3.8) is 0 Å². The lowest BCUT2D eigenvalue weighted by Crippen LogP contribution is -2.53. The maximum absolute atomic E-state index is 15.0. The Morgan fingerprint density at radius 1 is 1.19 bits per heavy atom. The third kappa shape index (κ3) is 3.25. The Morgan fingerprint density at radius 3 is 2.64 bits per heavy atom. The molecule has 1 aliphatic heterocycles. The molecule has 2 aliphatic rings. The molecule has 4 aromatic rings. The first-order valence-corrected chi connectivity index (χ1v) is 10.6. The van der Waals surface area contributed by atoms with E-state index < -0.39 is 36.1 Å². The van der Waals surface area contributed by atoms with Crippen LogP contribution in [0.4, 0.5) is 13.2 Å². The minimum absolute atomic E-state index is 0.0133. The van der Waals surface area contributed by atoms with Crippen LogP contribution in [-0.4, -0.2) is 65.9 Å². The van der Waals surface area contributed by atoms with Crippen LogP contribution < -0.4 is 4.74 Å². The summed E-state index contributed by atoms with van der Waals surface area (Å²) in [5.74, 6) is -5.84. The summed E-state index contributed by atoms with van der Waals surface area (Å²) in [7, 11) is 5.55. The normalized spacial score (nSPS) is 18.9. The Morgan fingerprint density at radius 2 is 1.94 bits per heavy atom. The first-order chi connectivity index (χ1) is 17.1. The van der Waals surface area contributed by atoms with Crippen molar-refractivity contribution in [3.8, 4) is 17.0 Å². The van der Waals surface area contributed by atoms with E-state index in [0.29, 0.717) is 10.5 Å². The number of aliphatic hydroxyl groups is 2. The molecular weight excluding hydrogens is 480 g/mol. The summed E-state index contributed by atoms with van der Waals surface area (Å²) >= 11 is 0. The third-order valence-corrected chi connectivity index (χ3v) is 6.33. The highest BCUT2D eigenvalue weighted by Crippen LogP contribution is 2.54. The summed E-state index contributed by atoms with van der Waals surface area (Å²) in [6, 6.07) is 2.87. The molecule has 0 fully saturated rings. The number of benzene rings is 1. The topological polar surface area (TPSA) is 126 Å². The van der Waals surface area contributed by atoms with Gasteiger partial charge in [-0.3, -0.25) is 9.69 Å². The van der Waals surface area contributed by atoms with Crippen molar-refractivity contribution in [2.45, 2.75) is 30.8 Å². The second kappa shape index (κ2) is 7.73. The summed E-state index contributed by atoms with van der Waals surface area (Å²) in [6.07, 6.45) is 5.11. The van der Waals surface area contributed by atoms with Gasteiger partial charge in [0.2, 0.25) is 0 Å². The molecule has 1 aromatic carbocycles. The Kier molecular flexibility index (Phi) is 4.82. The molecule has 0 spiro atoms. The number of rotatable bonds is 4. The summed E-state index contributed by atoms with van der Waals surface area (Å²) in [4.78, 5) is 26.2. The summed E-state index contributed by atoms with van der Waals surface area (Å²) in [6.45, 7) is -3.19. The number of halogens is 3. The van der Waals surface area contributed by atoms with E-state index in [1.54, 1.807) is 0 Å². The molecule has 10 nitrogen and oxygen atoms in total. The van der Waals surface area contributed by atoms with Crippen LogP contribution >= 0.6 is 0 Å².